The Morgan fingerprint density at radius 1 is 1.22 bits per heavy atom. The number of amides is 3. The molecule has 3 rings (SSSR count). The van der Waals surface area contributed by atoms with E-state index in [4.69, 9.17) is 10.5 Å². The van der Waals surface area contributed by atoms with E-state index in [1.807, 2.05) is 0 Å². The van der Waals surface area contributed by atoms with Gasteiger partial charge in [-0.15, -0.1) is 0 Å². The first kappa shape index (κ1) is 18.6. The predicted octanol–water partition coefficient (Wildman–Crippen LogP) is 0.818. The number of rotatable bonds is 5. The first-order valence-electron chi connectivity index (χ1n) is 8.84. The van der Waals surface area contributed by atoms with Gasteiger partial charge in [0.25, 0.3) is 11.8 Å². The molecule has 142 valence electrons. The van der Waals surface area contributed by atoms with Crippen LogP contribution in [0.1, 0.15) is 30.1 Å². The average molecular weight is 371 g/mol. The third kappa shape index (κ3) is 3.69. The number of esters is 1. The number of nitrogens with zero attached hydrogens (tertiary/aromatic N) is 2. The number of hydrogen-bond acceptors (Lipinski definition) is 6. The number of benzene rings is 1. The molecule has 2 aliphatic rings. The van der Waals surface area contributed by atoms with Crippen molar-refractivity contribution in [1.29, 1.82) is 0 Å². The molecule has 0 radical (unpaired) electrons. The van der Waals surface area contributed by atoms with E-state index in [0.717, 1.165) is 11.3 Å². The third-order valence-electron chi connectivity index (χ3n) is 4.70. The van der Waals surface area contributed by atoms with Gasteiger partial charge in [-0.25, -0.2) is 9.69 Å². The standard InChI is InChI=1S/C19H21N3O5/c1-2-27-19(26)12-5-7-14(8-6-12)22-16(23)10-15(18(22)25)21-9-3-4-13(11-21)17(20)24/h5-8,10,13H,2-4,9,11H2,1H3,(H2,20,24)/t13-/m0/s1. The van der Waals surface area contributed by atoms with Crippen molar-refractivity contribution in [3.63, 3.8) is 0 Å². The summed E-state index contributed by atoms with van der Waals surface area (Å²) in [7, 11) is 0. The number of nitrogens with two attached hydrogens (primary N) is 1. The number of piperidine rings is 1. The summed E-state index contributed by atoms with van der Waals surface area (Å²) >= 11 is 0. The Labute approximate surface area is 156 Å². The fourth-order valence-corrected chi connectivity index (χ4v) is 3.32. The summed E-state index contributed by atoms with van der Waals surface area (Å²) in [6.07, 6.45) is 2.69. The lowest BCUT2D eigenvalue weighted by Crippen LogP contribution is -2.43. The lowest BCUT2D eigenvalue weighted by Gasteiger charge is -2.33. The third-order valence-corrected chi connectivity index (χ3v) is 4.70. The van der Waals surface area contributed by atoms with Crippen LogP contribution in [-0.2, 0) is 19.1 Å². The Kier molecular flexibility index (Phi) is 5.25. The van der Waals surface area contributed by atoms with Crippen LogP contribution in [-0.4, -0.2) is 48.3 Å². The molecular weight excluding hydrogens is 350 g/mol. The van der Waals surface area contributed by atoms with E-state index < -0.39 is 23.7 Å². The Morgan fingerprint density at radius 2 is 1.93 bits per heavy atom. The highest BCUT2D eigenvalue weighted by Gasteiger charge is 2.37. The molecule has 2 aliphatic heterocycles. The second-order valence-electron chi connectivity index (χ2n) is 6.46. The van der Waals surface area contributed by atoms with Crippen molar-refractivity contribution < 1.29 is 23.9 Å². The van der Waals surface area contributed by atoms with Crippen molar-refractivity contribution in [3.05, 3.63) is 41.6 Å². The molecule has 8 nitrogen and oxygen atoms in total. The van der Waals surface area contributed by atoms with Gasteiger partial charge in [-0.2, -0.15) is 0 Å². The van der Waals surface area contributed by atoms with E-state index in [1.165, 1.54) is 30.3 Å². The van der Waals surface area contributed by atoms with Crippen LogP contribution in [0.2, 0.25) is 0 Å². The smallest absolute Gasteiger partial charge is 0.338 e. The summed E-state index contributed by atoms with van der Waals surface area (Å²) < 4.78 is 4.92. The van der Waals surface area contributed by atoms with Gasteiger partial charge in [0, 0.05) is 19.2 Å². The number of imide groups is 1. The maximum atomic E-state index is 12.8. The molecule has 1 aromatic rings. The van der Waals surface area contributed by atoms with Crippen LogP contribution in [0.4, 0.5) is 5.69 Å². The zero-order chi connectivity index (χ0) is 19.6. The molecule has 27 heavy (non-hydrogen) atoms. The van der Waals surface area contributed by atoms with Crippen LogP contribution < -0.4 is 10.6 Å². The molecule has 1 atom stereocenters. The molecule has 3 amide bonds. The normalized spacial score (nSPS) is 19.9. The van der Waals surface area contributed by atoms with Crippen molar-refractivity contribution in [1.82, 2.24) is 4.90 Å². The highest BCUT2D eigenvalue weighted by Crippen LogP contribution is 2.28. The second-order valence-corrected chi connectivity index (χ2v) is 6.46. The van der Waals surface area contributed by atoms with Crippen LogP contribution in [0.3, 0.4) is 0 Å². The summed E-state index contributed by atoms with van der Waals surface area (Å²) in [6.45, 7) is 2.89. The first-order chi connectivity index (χ1) is 12.9. The Morgan fingerprint density at radius 3 is 2.56 bits per heavy atom. The van der Waals surface area contributed by atoms with Crippen molar-refractivity contribution in [2.24, 2.45) is 11.7 Å². The van der Waals surface area contributed by atoms with E-state index >= 15 is 0 Å². The van der Waals surface area contributed by atoms with Gasteiger partial charge in [-0.3, -0.25) is 14.4 Å². The molecule has 1 fully saturated rings. The molecule has 1 aromatic carbocycles. The van der Waals surface area contributed by atoms with Crippen LogP contribution in [0, 0.1) is 5.92 Å². The van der Waals surface area contributed by atoms with Crippen LogP contribution in [0.5, 0.6) is 0 Å². The molecule has 8 heteroatoms. The van der Waals surface area contributed by atoms with Gasteiger partial charge >= 0.3 is 5.97 Å². The van der Waals surface area contributed by atoms with E-state index in [0.29, 0.717) is 30.8 Å². The SMILES string of the molecule is CCOC(=O)c1ccc(N2C(=O)C=C(N3CCC[C@H](C(N)=O)C3)C2=O)cc1. The van der Waals surface area contributed by atoms with Gasteiger partial charge in [-0.1, -0.05) is 0 Å². The minimum absolute atomic E-state index is 0.263. The quantitative estimate of drug-likeness (QED) is 0.606. The van der Waals surface area contributed by atoms with Gasteiger partial charge in [-0.05, 0) is 44.0 Å². The number of ether oxygens (including phenoxy) is 1. The minimum Gasteiger partial charge on any atom is -0.462 e. The number of likely N-dealkylation sites (tertiary alicyclic amines) is 1. The summed E-state index contributed by atoms with van der Waals surface area (Å²) in [6, 6.07) is 6.08. The molecule has 1 saturated heterocycles. The highest BCUT2D eigenvalue weighted by atomic mass is 16.5. The number of carbonyl (C=O) groups is 4. The molecular formula is C19H21N3O5. The molecule has 0 spiro atoms. The Balaban J connectivity index is 1.76. The average Bonchev–Trinajstić information content (AvgIpc) is 2.96. The molecule has 0 bridgehead atoms. The van der Waals surface area contributed by atoms with E-state index in [2.05, 4.69) is 0 Å². The monoisotopic (exact) mass is 371 g/mol. The molecule has 0 saturated carbocycles. The number of hydrogen-bond donors (Lipinski definition) is 1. The summed E-state index contributed by atoms with van der Waals surface area (Å²) in [5.74, 6) is -2.11. The minimum atomic E-state index is -0.465. The second kappa shape index (κ2) is 7.61. The summed E-state index contributed by atoms with van der Waals surface area (Å²) in [4.78, 5) is 51.2. The topological polar surface area (TPSA) is 110 Å². The predicted molar refractivity (Wildman–Crippen MR) is 96.5 cm³/mol. The zero-order valence-corrected chi connectivity index (χ0v) is 15.0. The fraction of sp³-hybridized carbons (Fsp3) is 0.368. The van der Waals surface area contributed by atoms with Gasteiger partial charge in [0.1, 0.15) is 5.70 Å². The fourth-order valence-electron chi connectivity index (χ4n) is 3.32. The van der Waals surface area contributed by atoms with Gasteiger partial charge < -0.3 is 15.4 Å². The lowest BCUT2D eigenvalue weighted by molar-refractivity contribution is -0.125. The maximum absolute atomic E-state index is 12.8. The van der Waals surface area contributed by atoms with E-state index in [1.54, 1.807) is 11.8 Å². The molecule has 2 N–H and O–H groups in total. The number of anilines is 1. The molecule has 2 heterocycles. The van der Waals surface area contributed by atoms with Crippen molar-refractivity contribution in [2.75, 3.05) is 24.6 Å². The van der Waals surface area contributed by atoms with Crippen LogP contribution >= 0.6 is 0 Å². The van der Waals surface area contributed by atoms with Crippen molar-refractivity contribution in [2.45, 2.75) is 19.8 Å². The highest BCUT2D eigenvalue weighted by molar-refractivity contribution is 6.30. The molecule has 0 aliphatic carbocycles. The molecule has 0 unspecified atom stereocenters. The van der Waals surface area contributed by atoms with Crippen molar-refractivity contribution in [3.8, 4) is 0 Å². The van der Waals surface area contributed by atoms with Gasteiger partial charge in [0.05, 0.1) is 23.8 Å². The summed E-state index contributed by atoms with van der Waals surface area (Å²) in [5, 5.41) is 0. The maximum Gasteiger partial charge on any atom is 0.338 e. The number of primary amides is 1. The Bertz CT molecular complexity index is 815. The molecule has 0 aromatic heterocycles. The van der Waals surface area contributed by atoms with Gasteiger partial charge in [0.2, 0.25) is 5.91 Å². The Hall–Kier alpha value is -3.16. The van der Waals surface area contributed by atoms with E-state index in [9.17, 15) is 19.2 Å². The number of carbonyl (C=O) groups excluding carboxylic acids is 4. The van der Waals surface area contributed by atoms with Crippen LogP contribution in [0.15, 0.2) is 36.0 Å². The first-order valence-corrected chi connectivity index (χ1v) is 8.84. The zero-order valence-electron chi connectivity index (χ0n) is 15.0. The largest absolute Gasteiger partial charge is 0.462 e. The van der Waals surface area contributed by atoms with Gasteiger partial charge in [0.15, 0.2) is 0 Å². The van der Waals surface area contributed by atoms with E-state index in [-0.39, 0.29) is 18.2 Å². The summed E-state index contributed by atoms with van der Waals surface area (Å²) in [5.41, 5.74) is 6.36. The lowest BCUT2D eigenvalue weighted by atomic mass is 9.97. The van der Waals surface area contributed by atoms with Crippen molar-refractivity contribution >= 4 is 29.4 Å². The van der Waals surface area contributed by atoms with Crippen LogP contribution in [0.25, 0.3) is 0 Å².